The molecule has 4 N–H and O–H groups in total. The van der Waals surface area contributed by atoms with E-state index >= 15 is 0 Å². The van der Waals surface area contributed by atoms with Gasteiger partial charge in [0.1, 0.15) is 11.5 Å². The highest BCUT2D eigenvalue weighted by Gasteiger charge is 2.16. The fraction of sp³-hybridized carbons (Fsp3) is 0.316. The predicted molar refractivity (Wildman–Crippen MR) is 102 cm³/mol. The van der Waals surface area contributed by atoms with Crippen molar-refractivity contribution in [3.8, 4) is 11.5 Å². The summed E-state index contributed by atoms with van der Waals surface area (Å²) >= 11 is 6.11. The molecule has 0 amide bonds. The van der Waals surface area contributed by atoms with Crippen LogP contribution in [-0.2, 0) is 19.4 Å². The molecule has 0 bridgehead atoms. The number of phenols is 1. The number of benzene rings is 2. The van der Waals surface area contributed by atoms with Crippen LogP contribution in [0.5, 0.6) is 11.5 Å². The molecular weight excluding hydrogens is 338 g/mol. The highest BCUT2D eigenvalue weighted by atomic mass is 35.5. The van der Waals surface area contributed by atoms with Crippen LogP contribution in [0.4, 0.5) is 5.69 Å². The average molecular weight is 360 g/mol. The molecular formula is C19H22ClN3O2. The zero-order chi connectivity index (χ0) is 17.8. The summed E-state index contributed by atoms with van der Waals surface area (Å²) < 4.78 is 5.13. The largest absolute Gasteiger partial charge is 0.508 e. The number of anilines is 1. The minimum absolute atomic E-state index is 0.272. The number of aromatic hydroxyl groups is 1. The van der Waals surface area contributed by atoms with Gasteiger partial charge in [-0.15, -0.1) is 0 Å². The molecule has 0 aliphatic heterocycles. The first-order chi connectivity index (χ1) is 12.1. The first-order valence-electron chi connectivity index (χ1n) is 8.31. The fourth-order valence-corrected chi connectivity index (χ4v) is 3.42. The molecule has 1 aliphatic rings. The molecule has 0 radical (unpaired) electrons. The number of ether oxygens (including phenoxy) is 1. The maximum absolute atomic E-state index is 10.2. The van der Waals surface area contributed by atoms with Crippen molar-refractivity contribution in [2.45, 2.75) is 32.2 Å². The molecule has 0 saturated carbocycles. The monoisotopic (exact) mass is 359 g/mol. The van der Waals surface area contributed by atoms with E-state index in [1.807, 2.05) is 12.1 Å². The number of nitrogens with two attached hydrogens (primary N) is 1. The first kappa shape index (κ1) is 17.4. The molecule has 6 heteroatoms. The van der Waals surface area contributed by atoms with Crippen LogP contribution in [0, 0.1) is 0 Å². The lowest BCUT2D eigenvalue weighted by molar-refractivity contribution is 0.415. The third-order valence-electron chi connectivity index (χ3n) is 4.46. The van der Waals surface area contributed by atoms with Gasteiger partial charge in [0, 0.05) is 11.3 Å². The van der Waals surface area contributed by atoms with E-state index in [0.29, 0.717) is 17.3 Å². The number of methoxy groups -OCH3 is 1. The third kappa shape index (κ3) is 3.99. The summed E-state index contributed by atoms with van der Waals surface area (Å²) in [6, 6.07) is 9.07. The molecule has 25 heavy (non-hydrogen) atoms. The number of halogens is 1. The Hall–Kier alpha value is -2.40. The second-order valence-corrected chi connectivity index (χ2v) is 6.49. The zero-order valence-corrected chi connectivity index (χ0v) is 14.9. The van der Waals surface area contributed by atoms with Gasteiger partial charge in [-0.2, -0.15) is 0 Å². The van der Waals surface area contributed by atoms with Crippen molar-refractivity contribution in [3.63, 3.8) is 0 Å². The maximum atomic E-state index is 10.2. The van der Waals surface area contributed by atoms with Crippen molar-refractivity contribution < 1.29 is 9.84 Å². The maximum Gasteiger partial charge on any atom is 0.193 e. The van der Waals surface area contributed by atoms with E-state index < -0.39 is 0 Å². The summed E-state index contributed by atoms with van der Waals surface area (Å²) in [4.78, 5) is 4.38. The number of aliphatic imine (C=N–C) groups is 1. The summed E-state index contributed by atoms with van der Waals surface area (Å²) in [7, 11) is 1.57. The van der Waals surface area contributed by atoms with Crippen LogP contribution >= 0.6 is 11.6 Å². The Labute approximate surface area is 152 Å². The van der Waals surface area contributed by atoms with Gasteiger partial charge in [-0.25, -0.2) is 4.99 Å². The summed E-state index contributed by atoms with van der Waals surface area (Å²) in [5.41, 5.74) is 10.1. The molecule has 0 saturated heterocycles. The molecule has 0 aromatic heterocycles. The third-order valence-corrected chi connectivity index (χ3v) is 4.75. The second kappa shape index (κ2) is 7.66. The lowest BCUT2D eigenvalue weighted by Crippen LogP contribution is -2.22. The number of hydrogen-bond donors (Lipinski definition) is 3. The molecule has 0 atom stereocenters. The molecule has 0 heterocycles. The second-order valence-electron chi connectivity index (χ2n) is 6.08. The molecule has 0 spiro atoms. The van der Waals surface area contributed by atoms with Crippen LogP contribution in [-0.4, -0.2) is 18.2 Å². The van der Waals surface area contributed by atoms with Crippen LogP contribution in [0.1, 0.15) is 29.5 Å². The number of fused-ring (bicyclic) bond motifs is 1. The Bertz CT molecular complexity index is 805. The van der Waals surface area contributed by atoms with Gasteiger partial charge in [0.05, 0.1) is 18.7 Å². The Morgan fingerprint density at radius 3 is 2.84 bits per heavy atom. The molecule has 132 valence electrons. The highest BCUT2D eigenvalue weighted by Crippen LogP contribution is 2.31. The summed E-state index contributed by atoms with van der Waals surface area (Å²) in [6.07, 6.45) is 4.38. The highest BCUT2D eigenvalue weighted by molar-refractivity contribution is 6.32. The van der Waals surface area contributed by atoms with Gasteiger partial charge in [0.15, 0.2) is 5.96 Å². The standard InChI is InChI=1S/C19H22ClN3O2/c1-25-18-9-7-13(10-16(18)20)23-19(21)22-11-15-14-5-3-2-4-12(14)6-8-17(15)24/h6-10,24H,2-5,11H2,1H3,(H3,21,22,23). The molecule has 3 rings (SSSR count). The van der Waals surface area contributed by atoms with Crippen molar-refractivity contribution in [3.05, 3.63) is 52.0 Å². The number of guanidine groups is 1. The van der Waals surface area contributed by atoms with Crippen molar-refractivity contribution in [2.24, 2.45) is 10.7 Å². The van der Waals surface area contributed by atoms with Gasteiger partial charge in [-0.05, 0) is 61.1 Å². The first-order valence-corrected chi connectivity index (χ1v) is 8.69. The van der Waals surface area contributed by atoms with Gasteiger partial charge in [0.2, 0.25) is 0 Å². The predicted octanol–water partition coefficient (Wildman–Crippen LogP) is 3.86. The van der Waals surface area contributed by atoms with Crippen molar-refractivity contribution in [1.29, 1.82) is 0 Å². The lowest BCUT2D eigenvalue weighted by atomic mass is 9.88. The summed E-state index contributed by atoms with van der Waals surface area (Å²) in [5.74, 6) is 1.15. The Morgan fingerprint density at radius 1 is 1.28 bits per heavy atom. The number of rotatable bonds is 4. The number of aryl methyl sites for hydroxylation is 1. The average Bonchev–Trinajstić information content (AvgIpc) is 2.61. The number of nitrogens with zero attached hydrogens (tertiary/aromatic N) is 1. The summed E-state index contributed by atoms with van der Waals surface area (Å²) in [6.45, 7) is 0.345. The van der Waals surface area contributed by atoms with Gasteiger partial charge >= 0.3 is 0 Å². The van der Waals surface area contributed by atoms with Gasteiger partial charge in [0.25, 0.3) is 0 Å². The number of phenolic OH excluding ortho intramolecular Hbond substituents is 1. The Morgan fingerprint density at radius 2 is 2.08 bits per heavy atom. The minimum atomic E-state index is 0.272. The molecule has 0 unspecified atom stereocenters. The number of nitrogens with one attached hydrogen (secondary N) is 1. The fourth-order valence-electron chi connectivity index (χ4n) is 3.16. The lowest BCUT2D eigenvalue weighted by Gasteiger charge is -2.19. The van der Waals surface area contributed by atoms with Gasteiger partial charge in [-0.3, -0.25) is 0 Å². The molecule has 2 aromatic carbocycles. The van der Waals surface area contributed by atoms with E-state index in [9.17, 15) is 5.11 Å². The van der Waals surface area contributed by atoms with E-state index in [2.05, 4.69) is 10.3 Å². The smallest absolute Gasteiger partial charge is 0.193 e. The van der Waals surface area contributed by atoms with E-state index in [-0.39, 0.29) is 11.7 Å². The van der Waals surface area contributed by atoms with Crippen LogP contribution in [0.25, 0.3) is 0 Å². The van der Waals surface area contributed by atoms with Crippen LogP contribution < -0.4 is 15.8 Å². The summed E-state index contributed by atoms with van der Waals surface area (Å²) in [5, 5.41) is 13.7. The van der Waals surface area contributed by atoms with Crippen LogP contribution in [0.15, 0.2) is 35.3 Å². The van der Waals surface area contributed by atoms with Crippen molar-refractivity contribution >= 4 is 23.2 Å². The Kier molecular flexibility index (Phi) is 5.34. The van der Waals surface area contributed by atoms with Crippen molar-refractivity contribution in [2.75, 3.05) is 12.4 Å². The van der Waals surface area contributed by atoms with Crippen molar-refractivity contribution in [1.82, 2.24) is 0 Å². The molecule has 1 aliphatic carbocycles. The molecule has 2 aromatic rings. The van der Waals surface area contributed by atoms with E-state index in [0.717, 1.165) is 30.5 Å². The van der Waals surface area contributed by atoms with Gasteiger partial charge in [-0.1, -0.05) is 17.7 Å². The normalized spacial score (nSPS) is 14.1. The van der Waals surface area contributed by atoms with Crippen LogP contribution in [0.2, 0.25) is 5.02 Å². The van der Waals surface area contributed by atoms with E-state index in [1.165, 1.54) is 17.5 Å². The Balaban J connectivity index is 1.75. The van der Waals surface area contributed by atoms with E-state index in [4.69, 9.17) is 22.1 Å². The van der Waals surface area contributed by atoms with E-state index in [1.54, 1.807) is 25.3 Å². The minimum Gasteiger partial charge on any atom is -0.508 e. The zero-order valence-electron chi connectivity index (χ0n) is 14.2. The molecule has 0 fully saturated rings. The quantitative estimate of drug-likeness (QED) is 0.572. The SMILES string of the molecule is COc1ccc(NC(N)=NCc2c(O)ccc3c2CCCC3)cc1Cl. The molecule has 5 nitrogen and oxygen atoms in total. The van der Waals surface area contributed by atoms with Gasteiger partial charge < -0.3 is 20.9 Å². The number of hydrogen-bond acceptors (Lipinski definition) is 3. The van der Waals surface area contributed by atoms with Crippen LogP contribution in [0.3, 0.4) is 0 Å². The topological polar surface area (TPSA) is 79.9 Å².